The Labute approximate surface area is 110 Å². The van der Waals surface area contributed by atoms with E-state index < -0.39 is 0 Å². The predicted octanol–water partition coefficient (Wildman–Crippen LogP) is 3.00. The van der Waals surface area contributed by atoms with Crippen molar-refractivity contribution in [1.29, 1.82) is 0 Å². The topological polar surface area (TPSA) is 24.1 Å². The summed E-state index contributed by atoms with van der Waals surface area (Å²) >= 11 is 0. The number of anilines is 1. The van der Waals surface area contributed by atoms with Gasteiger partial charge in [0.05, 0.1) is 0 Å². The molecular formula is C12H20Cl2N2. The summed E-state index contributed by atoms with van der Waals surface area (Å²) in [6.45, 7) is 4.40. The van der Waals surface area contributed by atoms with Gasteiger partial charge in [-0.2, -0.15) is 0 Å². The van der Waals surface area contributed by atoms with E-state index in [9.17, 15) is 0 Å². The van der Waals surface area contributed by atoms with Gasteiger partial charge in [-0.1, -0.05) is 17.7 Å². The van der Waals surface area contributed by atoms with E-state index in [1.165, 1.54) is 24.1 Å². The third kappa shape index (κ3) is 4.60. The zero-order valence-corrected chi connectivity index (χ0v) is 11.2. The molecule has 16 heavy (non-hydrogen) atoms. The van der Waals surface area contributed by atoms with E-state index in [1.54, 1.807) is 0 Å². The first-order chi connectivity index (χ1) is 6.84. The monoisotopic (exact) mass is 262 g/mol. The van der Waals surface area contributed by atoms with Crippen LogP contribution >= 0.6 is 24.8 Å². The average molecular weight is 263 g/mol. The van der Waals surface area contributed by atoms with E-state index in [4.69, 9.17) is 0 Å². The molecule has 0 unspecified atom stereocenters. The van der Waals surface area contributed by atoms with Crippen LogP contribution in [0, 0.1) is 6.92 Å². The van der Waals surface area contributed by atoms with Gasteiger partial charge < -0.3 is 10.6 Å². The van der Waals surface area contributed by atoms with E-state index in [0.717, 1.165) is 13.1 Å². The molecule has 0 radical (unpaired) electrons. The normalized spacial score (nSPS) is 15.8. The smallest absolute Gasteiger partial charge is 0.0342 e. The number of rotatable bonds is 2. The second kappa shape index (κ2) is 7.77. The molecule has 1 aromatic carbocycles. The molecule has 1 fully saturated rings. The molecule has 2 rings (SSSR count). The first kappa shape index (κ1) is 15.6. The molecule has 0 spiro atoms. The van der Waals surface area contributed by atoms with Gasteiger partial charge in [0.15, 0.2) is 0 Å². The average Bonchev–Trinajstić information content (AvgIpc) is 2.23. The van der Waals surface area contributed by atoms with Crippen molar-refractivity contribution in [2.24, 2.45) is 0 Å². The van der Waals surface area contributed by atoms with Crippen molar-refractivity contribution in [3.8, 4) is 0 Å². The van der Waals surface area contributed by atoms with Gasteiger partial charge in [0.25, 0.3) is 0 Å². The van der Waals surface area contributed by atoms with Gasteiger partial charge in [-0.25, -0.2) is 0 Å². The summed E-state index contributed by atoms with van der Waals surface area (Å²) in [4.78, 5) is 0. The Balaban J connectivity index is 0.00000112. The van der Waals surface area contributed by atoms with Gasteiger partial charge in [-0.05, 0) is 45.0 Å². The number of hydrogen-bond donors (Lipinski definition) is 2. The van der Waals surface area contributed by atoms with Crippen LogP contribution in [0.1, 0.15) is 18.4 Å². The third-order valence-corrected chi connectivity index (χ3v) is 2.76. The summed E-state index contributed by atoms with van der Waals surface area (Å²) in [6, 6.07) is 9.29. The van der Waals surface area contributed by atoms with Gasteiger partial charge in [0, 0.05) is 11.7 Å². The zero-order valence-electron chi connectivity index (χ0n) is 9.53. The molecule has 1 aliphatic rings. The lowest BCUT2D eigenvalue weighted by Gasteiger charge is -2.24. The number of nitrogens with one attached hydrogen (secondary N) is 2. The van der Waals surface area contributed by atoms with Crippen LogP contribution in [0.15, 0.2) is 24.3 Å². The number of benzene rings is 1. The van der Waals surface area contributed by atoms with Crippen LogP contribution in [0.5, 0.6) is 0 Å². The first-order valence-electron chi connectivity index (χ1n) is 5.38. The Hall–Kier alpha value is -0.440. The molecule has 1 saturated heterocycles. The molecule has 1 heterocycles. The molecule has 1 aromatic rings. The second-order valence-electron chi connectivity index (χ2n) is 4.03. The summed E-state index contributed by atoms with van der Waals surface area (Å²) in [5.41, 5.74) is 2.57. The van der Waals surface area contributed by atoms with Crippen molar-refractivity contribution in [1.82, 2.24) is 5.32 Å². The number of piperidine rings is 1. The largest absolute Gasteiger partial charge is 0.382 e. The van der Waals surface area contributed by atoms with Crippen molar-refractivity contribution in [3.63, 3.8) is 0 Å². The van der Waals surface area contributed by atoms with Crippen LogP contribution in [-0.2, 0) is 0 Å². The highest BCUT2D eigenvalue weighted by Crippen LogP contribution is 2.13. The van der Waals surface area contributed by atoms with Crippen LogP contribution in [0.3, 0.4) is 0 Å². The summed E-state index contributed by atoms with van der Waals surface area (Å²) < 4.78 is 0. The van der Waals surface area contributed by atoms with Crippen LogP contribution in [-0.4, -0.2) is 19.1 Å². The molecule has 2 N–H and O–H groups in total. The molecule has 1 aliphatic heterocycles. The molecular weight excluding hydrogens is 243 g/mol. The quantitative estimate of drug-likeness (QED) is 0.857. The molecule has 0 bridgehead atoms. The standard InChI is InChI=1S/C12H18N2.2ClH/c1-10-2-4-11(5-3-10)14-12-6-8-13-9-7-12;;/h2-5,12-14H,6-9H2,1H3;2*1H. The van der Waals surface area contributed by atoms with Crippen molar-refractivity contribution in [2.75, 3.05) is 18.4 Å². The van der Waals surface area contributed by atoms with Crippen molar-refractivity contribution < 1.29 is 0 Å². The Morgan fingerprint density at radius 1 is 1.06 bits per heavy atom. The SMILES string of the molecule is Cc1ccc(NC2CCNCC2)cc1.Cl.Cl. The maximum atomic E-state index is 3.57. The number of aryl methyl sites for hydroxylation is 1. The zero-order chi connectivity index (χ0) is 9.80. The van der Waals surface area contributed by atoms with E-state index >= 15 is 0 Å². The van der Waals surface area contributed by atoms with Crippen molar-refractivity contribution in [2.45, 2.75) is 25.8 Å². The highest BCUT2D eigenvalue weighted by Gasteiger charge is 2.11. The maximum Gasteiger partial charge on any atom is 0.0342 e. The van der Waals surface area contributed by atoms with Crippen LogP contribution in [0.2, 0.25) is 0 Å². The van der Waals surface area contributed by atoms with Gasteiger partial charge in [0.1, 0.15) is 0 Å². The van der Waals surface area contributed by atoms with Crippen molar-refractivity contribution in [3.05, 3.63) is 29.8 Å². The molecule has 2 nitrogen and oxygen atoms in total. The summed E-state index contributed by atoms with van der Waals surface area (Å²) in [6.07, 6.45) is 2.46. The van der Waals surface area contributed by atoms with Crippen LogP contribution < -0.4 is 10.6 Å². The van der Waals surface area contributed by atoms with Crippen molar-refractivity contribution >= 4 is 30.5 Å². The lowest BCUT2D eigenvalue weighted by Crippen LogP contribution is -2.35. The van der Waals surface area contributed by atoms with E-state index in [0.29, 0.717) is 6.04 Å². The van der Waals surface area contributed by atoms with E-state index in [2.05, 4.69) is 41.8 Å². The second-order valence-corrected chi connectivity index (χ2v) is 4.03. The third-order valence-electron chi connectivity index (χ3n) is 2.76. The Bertz CT molecular complexity index is 282. The fraction of sp³-hybridized carbons (Fsp3) is 0.500. The minimum absolute atomic E-state index is 0. The Kier molecular flexibility index (Phi) is 7.56. The molecule has 92 valence electrons. The minimum atomic E-state index is 0. The minimum Gasteiger partial charge on any atom is -0.382 e. The Morgan fingerprint density at radius 3 is 2.19 bits per heavy atom. The molecule has 0 amide bonds. The molecule has 0 saturated carbocycles. The van der Waals surface area contributed by atoms with Crippen LogP contribution in [0.25, 0.3) is 0 Å². The predicted molar refractivity (Wildman–Crippen MR) is 75.2 cm³/mol. The first-order valence-corrected chi connectivity index (χ1v) is 5.38. The fourth-order valence-corrected chi connectivity index (χ4v) is 1.85. The summed E-state index contributed by atoms with van der Waals surface area (Å²) in [5.74, 6) is 0. The lowest BCUT2D eigenvalue weighted by molar-refractivity contribution is 0.479. The Morgan fingerprint density at radius 2 is 1.62 bits per heavy atom. The highest BCUT2D eigenvalue weighted by atomic mass is 35.5. The lowest BCUT2D eigenvalue weighted by atomic mass is 10.1. The van der Waals surface area contributed by atoms with Gasteiger partial charge in [0.2, 0.25) is 0 Å². The number of hydrogen-bond acceptors (Lipinski definition) is 2. The van der Waals surface area contributed by atoms with E-state index in [1.807, 2.05) is 0 Å². The van der Waals surface area contributed by atoms with Gasteiger partial charge in [-0.3, -0.25) is 0 Å². The molecule has 0 atom stereocenters. The maximum absolute atomic E-state index is 3.57. The van der Waals surface area contributed by atoms with Crippen LogP contribution in [0.4, 0.5) is 5.69 Å². The summed E-state index contributed by atoms with van der Waals surface area (Å²) in [7, 11) is 0. The number of halogens is 2. The summed E-state index contributed by atoms with van der Waals surface area (Å²) in [5, 5.41) is 6.94. The molecule has 4 heteroatoms. The fourth-order valence-electron chi connectivity index (χ4n) is 1.85. The molecule has 0 aromatic heterocycles. The highest BCUT2D eigenvalue weighted by molar-refractivity contribution is 5.85. The molecule has 0 aliphatic carbocycles. The van der Waals surface area contributed by atoms with E-state index in [-0.39, 0.29) is 24.8 Å². The van der Waals surface area contributed by atoms with Gasteiger partial charge >= 0.3 is 0 Å². The van der Waals surface area contributed by atoms with Gasteiger partial charge in [-0.15, -0.1) is 24.8 Å².